The van der Waals surface area contributed by atoms with Gasteiger partial charge < -0.3 is 73.8 Å². The van der Waals surface area contributed by atoms with Crippen LogP contribution in [0.1, 0.15) is 112 Å². The predicted molar refractivity (Wildman–Crippen MR) is 278 cm³/mol. The molecule has 1 spiro atoms. The molecule has 3 rings (SSSR count). The number of oxazole rings is 1. The van der Waals surface area contributed by atoms with E-state index in [-0.39, 0.29) is 31.8 Å². The largest absolute Gasteiger partial charge is 0.481 e. The van der Waals surface area contributed by atoms with E-state index in [1.165, 1.54) is 26.6 Å². The molecule has 1 aromatic heterocycles. The molecular formula is C51H84N4O18P2. The third kappa shape index (κ3) is 18.4. The van der Waals surface area contributed by atoms with Crippen LogP contribution < -0.4 is 5.32 Å². The number of likely N-dealkylation sites (N-methyl/N-ethyl adjacent to an activating group) is 1. The number of phosphoric acid groups is 2. The zero-order valence-corrected chi connectivity index (χ0v) is 47.5. The predicted octanol–water partition coefficient (Wildman–Crippen LogP) is 5.19. The van der Waals surface area contributed by atoms with E-state index in [0.717, 1.165) is 16.7 Å². The van der Waals surface area contributed by atoms with Crippen LogP contribution in [0.2, 0.25) is 0 Å². The Balaban J connectivity index is 1.84. The zero-order chi connectivity index (χ0) is 57.0. The Morgan fingerprint density at radius 2 is 1.68 bits per heavy atom. The van der Waals surface area contributed by atoms with Crippen molar-refractivity contribution >= 4 is 27.6 Å². The number of aliphatic hydroxyl groups is 5. The first kappa shape index (κ1) is 66.0. The standard InChI is InChI=1S/C51H84N4O18P2/c1-29(21-22-52)17-15-18-30(2)31(3)23-32(4)43(58)36(8)39(56)25-42(68-14)46-47(72-75(65,66)73-74(62,63)64)50(9,10)51(71-46)26-40(57)35(7)41(70-51)20-16-19-37-27-69-49(54-37)33(5)24-34(6)53-48(61)45(60)44(59)38(28-67-13)55(11)12/h15-19,21,23,27,32-36,38-47,56-60H,20,24-26,28H2,1-14H3,(H,53,61)(H,65,66)(H2,62,63,64)/b17-15+,19-16+,29-21-,30-18+,31-23+/t32-,33+,34-,35+,36+,38+,39+,40-,41+,42+,43-,44+,45+,46-,47+,51?/m1/s1. The summed E-state index contributed by atoms with van der Waals surface area (Å²) in [5.41, 5.74) is 1.51. The van der Waals surface area contributed by atoms with E-state index >= 15 is 0 Å². The monoisotopic (exact) mass is 1100 g/mol. The normalized spacial score (nSPS) is 27.9. The number of methoxy groups -OCH3 is 2. The van der Waals surface area contributed by atoms with Gasteiger partial charge in [0.15, 0.2) is 17.8 Å². The number of phosphoric ester groups is 1. The summed E-state index contributed by atoms with van der Waals surface area (Å²) in [4.78, 5) is 48.9. The number of carbonyl (C=O) groups excluding carboxylic acids is 1. The summed E-state index contributed by atoms with van der Waals surface area (Å²) in [5, 5.41) is 67.7. The zero-order valence-electron chi connectivity index (χ0n) is 45.7. The van der Waals surface area contributed by atoms with Crippen LogP contribution in [0.15, 0.2) is 63.9 Å². The lowest BCUT2D eigenvalue weighted by Crippen LogP contribution is -2.58. The van der Waals surface area contributed by atoms with Crippen molar-refractivity contribution in [2.24, 2.45) is 23.2 Å². The number of hydrogen-bond donors (Lipinski definition) is 9. The van der Waals surface area contributed by atoms with Gasteiger partial charge in [0.1, 0.15) is 30.3 Å². The van der Waals surface area contributed by atoms with Crippen molar-refractivity contribution in [3.05, 3.63) is 71.0 Å². The Morgan fingerprint density at radius 3 is 2.27 bits per heavy atom. The number of nitrogens with one attached hydrogen (secondary N) is 1. The maximum absolute atomic E-state index is 13.3. The van der Waals surface area contributed by atoms with Crippen molar-refractivity contribution in [3.63, 3.8) is 0 Å². The second-order valence-electron chi connectivity index (χ2n) is 21.0. The summed E-state index contributed by atoms with van der Waals surface area (Å²) >= 11 is 0. The number of aliphatic hydroxyl groups excluding tert-OH is 5. The molecular weight excluding hydrogens is 1020 g/mol. The van der Waals surface area contributed by atoms with Crippen molar-refractivity contribution < 1.29 is 86.3 Å². The minimum absolute atomic E-state index is 0.0991. The quantitative estimate of drug-likeness (QED) is 0.0296. The molecule has 0 saturated carbocycles. The molecule has 2 aliphatic rings. The van der Waals surface area contributed by atoms with Gasteiger partial charge in [0.05, 0.1) is 49.2 Å². The molecule has 2 fully saturated rings. The minimum atomic E-state index is -5.59. The summed E-state index contributed by atoms with van der Waals surface area (Å²) in [5.74, 6) is -4.16. The number of amides is 1. The highest BCUT2D eigenvalue weighted by Gasteiger charge is 2.68. The highest BCUT2D eigenvalue weighted by Crippen LogP contribution is 2.64. The third-order valence-electron chi connectivity index (χ3n) is 14.4. The van der Waals surface area contributed by atoms with E-state index in [2.05, 4.69) is 14.6 Å². The maximum atomic E-state index is 13.3. The fourth-order valence-corrected chi connectivity index (χ4v) is 11.4. The first-order valence-electron chi connectivity index (χ1n) is 25.0. The number of nitrogens with zero attached hydrogens (tertiary/aromatic N) is 3. The Hall–Kier alpha value is -3.27. The molecule has 0 aliphatic carbocycles. The van der Waals surface area contributed by atoms with Gasteiger partial charge in [-0.25, -0.2) is 14.1 Å². The molecule has 1 aromatic rings. The summed E-state index contributed by atoms with van der Waals surface area (Å²) in [6, 6.07) is 0.915. The van der Waals surface area contributed by atoms with E-state index in [4.69, 9.17) is 33.2 Å². The van der Waals surface area contributed by atoms with Crippen LogP contribution in [0, 0.1) is 34.5 Å². The van der Waals surface area contributed by atoms with Gasteiger partial charge in [-0.1, -0.05) is 77.5 Å². The van der Waals surface area contributed by atoms with Crippen LogP contribution >= 0.6 is 15.6 Å². The van der Waals surface area contributed by atoms with Gasteiger partial charge in [-0.15, -0.1) is 0 Å². The van der Waals surface area contributed by atoms with Crippen molar-refractivity contribution in [2.45, 2.75) is 174 Å². The Labute approximate surface area is 442 Å². The highest BCUT2D eigenvalue weighted by atomic mass is 31.3. The van der Waals surface area contributed by atoms with Crippen molar-refractivity contribution in [3.8, 4) is 6.07 Å². The number of carbonyl (C=O) groups is 1. The number of rotatable bonds is 28. The number of nitriles is 1. The van der Waals surface area contributed by atoms with Crippen molar-refractivity contribution in [1.82, 2.24) is 15.2 Å². The molecule has 9 N–H and O–H groups in total. The van der Waals surface area contributed by atoms with E-state index in [9.17, 15) is 54.1 Å². The van der Waals surface area contributed by atoms with Gasteiger partial charge in [-0.2, -0.15) is 9.57 Å². The number of aromatic nitrogens is 1. The lowest BCUT2D eigenvalue weighted by molar-refractivity contribution is -0.334. The van der Waals surface area contributed by atoms with E-state index in [0.29, 0.717) is 18.0 Å². The van der Waals surface area contributed by atoms with Crippen LogP contribution in [0.4, 0.5) is 0 Å². The summed E-state index contributed by atoms with van der Waals surface area (Å²) < 4.78 is 65.2. The molecule has 2 saturated heterocycles. The van der Waals surface area contributed by atoms with E-state index in [1.807, 2.05) is 45.1 Å². The number of ether oxygens (including phenoxy) is 4. The van der Waals surface area contributed by atoms with E-state index in [1.54, 1.807) is 85.7 Å². The summed E-state index contributed by atoms with van der Waals surface area (Å²) in [6.45, 7) is 17.7. The molecule has 1 amide bonds. The average Bonchev–Trinajstić information content (AvgIpc) is 3.86. The summed E-state index contributed by atoms with van der Waals surface area (Å²) in [6.07, 6.45) is 2.41. The Bertz CT molecular complexity index is 2310. The topological polar surface area (TPSA) is 334 Å². The van der Waals surface area contributed by atoms with Gasteiger partial charge in [0.2, 0.25) is 0 Å². The van der Waals surface area contributed by atoms with Gasteiger partial charge >= 0.3 is 15.6 Å². The molecule has 0 radical (unpaired) electrons. The molecule has 24 heteroatoms. The van der Waals surface area contributed by atoms with Gasteiger partial charge in [-0.05, 0) is 71.9 Å². The molecule has 75 heavy (non-hydrogen) atoms. The molecule has 426 valence electrons. The smallest absolute Gasteiger partial charge is 0.448 e. The van der Waals surface area contributed by atoms with Gasteiger partial charge in [-0.3, -0.25) is 9.32 Å². The Morgan fingerprint density at radius 1 is 1.03 bits per heavy atom. The van der Waals surface area contributed by atoms with Crippen LogP contribution in [0.25, 0.3) is 6.08 Å². The highest BCUT2D eigenvalue weighted by molar-refractivity contribution is 7.60. The fraction of sp³-hybridized carbons (Fsp3) is 0.706. The van der Waals surface area contributed by atoms with Crippen molar-refractivity contribution in [1.29, 1.82) is 5.26 Å². The second-order valence-corrected chi connectivity index (χ2v) is 23.8. The van der Waals surface area contributed by atoms with E-state index < -0.39 is 118 Å². The lowest BCUT2D eigenvalue weighted by Gasteiger charge is -2.50. The van der Waals surface area contributed by atoms with Crippen LogP contribution in [-0.2, 0) is 41.7 Å². The average molecular weight is 1100 g/mol. The van der Waals surface area contributed by atoms with Crippen molar-refractivity contribution in [2.75, 3.05) is 34.9 Å². The number of allylic oxidation sites excluding steroid dienone is 7. The van der Waals surface area contributed by atoms with Crippen LogP contribution in [0.5, 0.6) is 0 Å². The maximum Gasteiger partial charge on any atom is 0.481 e. The Kier molecular flexibility index (Phi) is 25.1. The molecule has 0 bridgehead atoms. The third-order valence-corrected chi connectivity index (χ3v) is 16.6. The first-order valence-corrected chi connectivity index (χ1v) is 28.0. The molecule has 3 heterocycles. The molecule has 2 aliphatic heterocycles. The SMILES string of the molecule is COC[C@@H]([C@H](O)[C@H](O)C(=O)N[C@H](C)C[C@H](C)c1nc(/C=C/C[C@@H]2OC3(C[C@@H](O)[C@@H]2C)O[C@H]([C@H](C[C@H](O)[C@H](C)[C@H](O)[C@H](C)/C=C(C)/C(C)=C/C=C/C(C)=C\C#N)OC)[C@H](OP(=O)(O)OP(=O)(O)O)C3(C)C)co1)N(C)C. The van der Waals surface area contributed by atoms with Gasteiger partial charge in [0, 0.05) is 68.3 Å². The first-order chi connectivity index (χ1) is 34.7. The molecule has 0 aromatic carbocycles. The minimum Gasteiger partial charge on any atom is -0.448 e. The molecule has 17 atom stereocenters. The molecule has 2 unspecified atom stereocenters. The van der Waals surface area contributed by atoms with Crippen LogP contribution in [-0.4, -0.2) is 164 Å². The molecule has 22 nitrogen and oxygen atoms in total. The fourth-order valence-electron chi connectivity index (χ4n) is 9.49. The summed E-state index contributed by atoms with van der Waals surface area (Å²) in [7, 11) is -4.99. The van der Waals surface area contributed by atoms with Crippen LogP contribution in [0.3, 0.4) is 0 Å². The number of hydrogen-bond acceptors (Lipinski definition) is 18. The second kappa shape index (κ2) is 28.6. The lowest BCUT2D eigenvalue weighted by atomic mass is 9.72. The van der Waals surface area contributed by atoms with Gasteiger partial charge in [0.25, 0.3) is 5.91 Å².